The molecule has 3 rings (SSSR count). The average Bonchev–Trinajstić information content (AvgIpc) is 2.97. The van der Waals surface area contributed by atoms with Crippen LogP contribution >= 0.6 is 0 Å². The van der Waals surface area contributed by atoms with Crippen LogP contribution in [0.3, 0.4) is 0 Å². The summed E-state index contributed by atoms with van der Waals surface area (Å²) in [4.78, 5) is 18.5. The number of aromatic nitrogens is 1. The number of carbonyl (C=O) groups excluding carboxylic acids is 1. The van der Waals surface area contributed by atoms with Gasteiger partial charge in [-0.3, -0.25) is 9.78 Å². The van der Waals surface area contributed by atoms with E-state index in [1.54, 1.807) is 0 Å². The highest BCUT2D eigenvalue weighted by atomic mass is 16.2. The lowest BCUT2D eigenvalue weighted by Gasteiger charge is -2.19. The molecule has 0 atom stereocenters. The van der Waals surface area contributed by atoms with Crippen molar-refractivity contribution < 1.29 is 4.79 Å². The van der Waals surface area contributed by atoms with Gasteiger partial charge in [0.25, 0.3) is 0 Å². The molecule has 0 bridgehead atoms. The first kappa shape index (κ1) is 9.82. The normalized spacial score (nSPS) is 20.1. The van der Waals surface area contributed by atoms with Crippen molar-refractivity contribution in [2.24, 2.45) is 5.92 Å². The number of rotatable bonds is 1. The maximum Gasteiger partial charge on any atom is 0.226 e. The largest absolute Gasteiger partial charge is 0.332 e. The molecule has 1 aliphatic carbocycles. The number of fused-ring (bicyclic) bond motifs is 1. The van der Waals surface area contributed by atoms with E-state index >= 15 is 0 Å². The third-order valence-electron chi connectivity index (χ3n) is 3.70. The Labute approximate surface area is 95.5 Å². The predicted octanol–water partition coefficient (Wildman–Crippen LogP) is 2.11. The Kier molecular flexibility index (Phi) is 2.39. The molecule has 1 aromatic heterocycles. The van der Waals surface area contributed by atoms with Gasteiger partial charge in [-0.15, -0.1) is 0 Å². The van der Waals surface area contributed by atoms with Gasteiger partial charge in [0.1, 0.15) is 0 Å². The van der Waals surface area contributed by atoms with Crippen molar-refractivity contribution >= 4 is 5.91 Å². The summed E-state index contributed by atoms with van der Waals surface area (Å²) < 4.78 is 0. The van der Waals surface area contributed by atoms with E-state index in [2.05, 4.69) is 11.1 Å². The molecule has 0 radical (unpaired) electrons. The summed E-state index contributed by atoms with van der Waals surface area (Å²) in [6.07, 6.45) is 6.41. The van der Waals surface area contributed by atoms with E-state index in [1.165, 1.54) is 18.4 Å². The Morgan fingerprint density at radius 2 is 2.12 bits per heavy atom. The number of hydrogen-bond acceptors (Lipinski definition) is 2. The topological polar surface area (TPSA) is 33.2 Å². The van der Waals surface area contributed by atoms with E-state index in [0.29, 0.717) is 12.5 Å². The second kappa shape index (κ2) is 3.89. The third kappa shape index (κ3) is 1.60. The first-order valence-corrected chi connectivity index (χ1v) is 6.06. The Morgan fingerprint density at radius 3 is 2.88 bits per heavy atom. The quantitative estimate of drug-likeness (QED) is 0.720. The molecule has 0 aromatic carbocycles. The molecule has 0 unspecified atom stereocenters. The zero-order chi connectivity index (χ0) is 11.0. The minimum absolute atomic E-state index is 0.286. The molecule has 0 saturated heterocycles. The number of carbonyl (C=O) groups is 1. The van der Waals surface area contributed by atoms with E-state index in [-0.39, 0.29) is 5.92 Å². The van der Waals surface area contributed by atoms with Crippen molar-refractivity contribution in [3.05, 3.63) is 29.6 Å². The average molecular weight is 216 g/mol. The van der Waals surface area contributed by atoms with Gasteiger partial charge >= 0.3 is 0 Å². The summed E-state index contributed by atoms with van der Waals surface area (Å²) in [5, 5.41) is 0. The summed E-state index contributed by atoms with van der Waals surface area (Å²) in [6, 6.07) is 4.02. The van der Waals surface area contributed by atoms with Gasteiger partial charge in [-0.25, -0.2) is 0 Å². The van der Waals surface area contributed by atoms with Crippen LogP contribution in [0.4, 0.5) is 0 Å². The molecule has 1 fully saturated rings. The molecule has 0 spiro atoms. The van der Waals surface area contributed by atoms with Gasteiger partial charge in [0, 0.05) is 18.7 Å². The standard InChI is InChI=1S/C13H16N2O/c16-13(10-4-1-2-5-10)15-8-11-6-3-7-14-12(11)9-15/h3,6-7,10H,1-2,4-5,8-9H2. The molecule has 16 heavy (non-hydrogen) atoms. The summed E-state index contributed by atoms with van der Waals surface area (Å²) >= 11 is 0. The second-order valence-corrected chi connectivity index (χ2v) is 4.78. The van der Waals surface area contributed by atoms with Crippen LogP contribution in [-0.2, 0) is 17.9 Å². The minimum atomic E-state index is 0.286. The molecule has 2 heterocycles. The van der Waals surface area contributed by atoms with Crippen molar-refractivity contribution in [3.63, 3.8) is 0 Å². The molecule has 0 N–H and O–H groups in total. The highest BCUT2D eigenvalue weighted by Gasteiger charge is 2.30. The first-order chi connectivity index (χ1) is 7.84. The molecule has 1 amide bonds. The lowest BCUT2D eigenvalue weighted by Crippen LogP contribution is -2.30. The fourth-order valence-electron chi connectivity index (χ4n) is 2.79. The van der Waals surface area contributed by atoms with Gasteiger partial charge in [-0.05, 0) is 24.5 Å². The summed E-state index contributed by atoms with van der Waals surface area (Å²) in [5.74, 6) is 0.629. The molecule has 3 heteroatoms. The van der Waals surface area contributed by atoms with Crippen molar-refractivity contribution in [3.8, 4) is 0 Å². The molecule has 2 aliphatic rings. The van der Waals surface area contributed by atoms with Crippen molar-refractivity contribution in [2.45, 2.75) is 38.8 Å². The lowest BCUT2D eigenvalue weighted by molar-refractivity contribution is -0.136. The summed E-state index contributed by atoms with van der Waals surface area (Å²) in [5.41, 5.74) is 2.29. The zero-order valence-corrected chi connectivity index (χ0v) is 9.35. The van der Waals surface area contributed by atoms with E-state index in [4.69, 9.17) is 0 Å². The van der Waals surface area contributed by atoms with E-state index in [9.17, 15) is 4.79 Å². The maximum atomic E-state index is 12.2. The van der Waals surface area contributed by atoms with E-state index < -0.39 is 0 Å². The molecule has 1 aliphatic heterocycles. The van der Waals surface area contributed by atoms with Gasteiger partial charge in [-0.2, -0.15) is 0 Å². The molecule has 1 saturated carbocycles. The lowest BCUT2D eigenvalue weighted by atomic mass is 10.1. The smallest absolute Gasteiger partial charge is 0.226 e. The van der Waals surface area contributed by atoms with Crippen molar-refractivity contribution in [1.29, 1.82) is 0 Å². The van der Waals surface area contributed by atoms with Gasteiger partial charge in [-0.1, -0.05) is 18.9 Å². The SMILES string of the molecule is O=C(C1CCCC1)N1Cc2cccnc2C1. The van der Waals surface area contributed by atoms with E-state index in [1.807, 2.05) is 17.2 Å². The maximum absolute atomic E-state index is 12.2. The fourth-order valence-corrected chi connectivity index (χ4v) is 2.79. The van der Waals surface area contributed by atoms with Crippen LogP contribution in [0.2, 0.25) is 0 Å². The predicted molar refractivity (Wildman–Crippen MR) is 60.4 cm³/mol. The second-order valence-electron chi connectivity index (χ2n) is 4.78. The van der Waals surface area contributed by atoms with Crippen LogP contribution in [0, 0.1) is 5.92 Å². The zero-order valence-electron chi connectivity index (χ0n) is 9.35. The first-order valence-electron chi connectivity index (χ1n) is 6.06. The molecule has 3 nitrogen and oxygen atoms in total. The van der Waals surface area contributed by atoms with Crippen LogP contribution in [0.5, 0.6) is 0 Å². The number of pyridine rings is 1. The van der Waals surface area contributed by atoms with Crippen LogP contribution < -0.4 is 0 Å². The van der Waals surface area contributed by atoms with Crippen molar-refractivity contribution in [2.75, 3.05) is 0 Å². The van der Waals surface area contributed by atoms with Crippen LogP contribution in [0.15, 0.2) is 18.3 Å². The fraction of sp³-hybridized carbons (Fsp3) is 0.538. The Morgan fingerprint density at radius 1 is 1.31 bits per heavy atom. The van der Waals surface area contributed by atoms with E-state index in [0.717, 1.165) is 25.1 Å². The number of hydrogen-bond donors (Lipinski definition) is 0. The molecule has 84 valence electrons. The van der Waals surface area contributed by atoms with Crippen LogP contribution in [-0.4, -0.2) is 15.8 Å². The molecule has 1 aromatic rings. The number of nitrogens with zero attached hydrogens (tertiary/aromatic N) is 2. The summed E-state index contributed by atoms with van der Waals surface area (Å²) in [6.45, 7) is 1.48. The number of amides is 1. The summed E-state index contributed by atoms with van der Waals surface area (Å²) in [7, 11) is 0. The van der Waals surface area contributed by atoms with Crippen LogP contribution in [0.25, 0.3) is 0 Å². The van der Waals surface area contributed by atoms with Gasteiger partial charge in [0.15, 0.2) is 0 Å². The highest BCUT2D eigenvalue weighted by Crippen LogP contribution is 2.29. The molecular weight excluding hydrogens is 200 g/mol. The third-order valence-corrected chi connectivity index (χ3v) is 3.70. The monoisotopic (exact) mass is 216 g/mol. The van der Waals surface area contributed by atoms with Crippen molar-refractivity contribution in [1.82, 2.24) is 9.88 Å². The molecular formula is C13H16N2O. The minimum Gasteiger partial charge on any atom is -0.332 e. The van der Waals surface area contributed by atoms with Crippen LogP contribution in [0.1, 0.15) is 36.9 Å². The Hall–Kier alpha value is -1.38. The van der Waals surface area contributed by atoms with Gasteiger partial charge < -0.3 is 4.90 Å². The Balaban J connectivity index is 1.73. The van der Waals surface area contributed by atoms with Gasteiger partial charge in [0.05, 0.1) is 12.2 Å². The Bertz CT molecular complexity index is 385. The highest BCUT2D eigenvalue weighted by molar-refractivity contribution is 5.79. The van der Waals surface area contributed by atoms with Gasteiger partial charge in [0.2, 0.25) is 5.91 Å².